The van der Waals surface area contributed by atoms with Gasteiger partial charge in [-0.05, 0) is 55.0 Å². The number of amides is 2. The summed E-state index contributed by atoms with van der Waals surface area (Å²) in [4.78, 5) is 36.8. The first-order chi connectivity index (χ1) is 26.5. The summed E-state index contributed by atoms with van der Waals surface area (Å²) in [5, 5.41) is 15.7. The molecule has 0 spiro atoms. The third-order valence-electron chi connectivity index (χ3n) is 10.3. The minimum absolute atomic E-state index is 0.0346. The second-order valence-electron chi connectivity index (χ2n) is 13.9. The van der Waals surface area contributed by atoms with Crippen LogP contribution in [0, 0.1) is 0 Å². The number of nitrogens with one attached hydrogen (secondary N) is 5. The van der Waals surface area contributed by atoms with Gasteiger partial charge in [-0.3, -0.25) is 14.6 Å². The number of alkyl halides is 3. The molecule has 2 amide bonds. The van der Waals surface area contributed by atoms with E-state index in [0.29, 0.717) is 79.6 Å². The molecule has 0 radical (unpaired) electrons. The predicted octanol–water partition coefficient (Wildman–Crippen LogP) is 5.73. The molecule has 5 N–H and O–H groups in total. The highest BCUT2D eigenvalue weighted by Gasteiger charge is 2.37. The molecule has 0 bridgehead atoms. The lowest BCUT2D eigenvalue weighted by molar-refractivity contribution is -0.137. The molecule has 2 saturated heterocycles. The first-order valence-corrected chi connectivity index (χ1v) is 18.6. The SMILES string of the molecule is COc1nc(-c2ccnc(-c3cccc4c3CC[C@@H]4Nc3nc(OC)c(CNC[C@H]4CCC(=O)N4)cc3C(F)(F)F)c2Cl)ccc1CNC[C@@H]1CCC(=O)N1. The van der Waals surface area contributed by atoms with Crippen molar-refractivity contribution in [1.29, 1.82) is 0 Å². The van der Waals surface area contributed by atoms with Gasteiger partial charge in [-0.15, -0.1) is 0 Å². The van der Waals surface area contributed by atoms with Crippen molar-refractivity contribution < 1.29 is 32.2 Å². The van der Waals surface area contributed by atoms with Gasteiger partial charge in [-0.2, -0.15) is 18.2 Å². The van der Waals surface area contributed by atoms with Crippen LogP contribution in [0.15, 0.2) is 48.7 Å². The van der Waals surface area contributed by atoms with E-state index in [9.17, 15) is 22.8 Å². The maximum Gasteiger partial charge on any atom is 0.419 e. The zero-order valence-corrected chi connectivity index (χ0v) is 31.2. The second kappa shape index (κ2) is 16.4. The topological polar surface area (TPSA) is 151 Å². The summed E-state index contributed by atoms with van der Waals surface area (Å²) in [5.41, 5.74) is 4.52. The summed E-state index contributed by atoms with van der Waals surface area (Å²) >= 11 is 7.07. The van der Waals surface area contributed by atoms with Gasteiger partial charge in [0.05, 0.1) is 42.2 Å². The Labute approximate surface area is 321 Å². The van der Waals surface area contributed by atoms with Gasteiger partial charge in [-0.1, -0.05) is 35.9 Å². The number of benzene rings is 1. The molecular formula is C39H42ClF3N8O4. The molecule has 3 aromatic heterocycles. The van der Waals surface area contributed by atoms with Crippen LogP contribution >= 0.6 is 11.6 Å². The standard InChI is InChI=1S/C39H42ClF3N8O4/c1-54-37-21(17-44-19-23-7-12-32(52)47-23)6-10-31(50-37)28-14-15-46-35(34(28)40)27-5-3-4-26-25(27)9-11-30(26)49-36-29(39(41,42)43)16-22(38(51-36)55-2)18-45-20-24-8-13-33(53)48-24/h3-6,10,14-16,23-24,30,44-45H,7-9,11-13,17-20H2,1-2H3,(H,47,52)(H,48,53)(H,49,51)/t23-,24+,30-/m0/s1. The third kappa shape index (κ3) is 8.48. The van der Waals surface area contributed by atoms with Crippen LogP contribution in [-0.4, -0.2) is 66.2 Å². The van der Waals surface area contributed by atoms with Gasteiger partial charge >= 0.3 is 6.18 Å². The molecule has 2 fully saturated rings. The van der Waals surface area contributed by atoms with Crippen LogP contribution in [0.4, 0.5) is 19.0 Å². The van der Waals surface area contributed by atoms with Crippen LogP contribution in [0.3, 0.4) is 0 Å². The molecule has 4 aromatic rings. The van der Waals surface area contributed by atoms with Crippen LogP contribution in [-0.2, 0) is 35.3 Å². The lowest BCUT2D eigenvalue weighted by Crippen LogP contribution is -2.35. The Balaban J connectivity index is 1.10. The molecule has 5 heterocycles. The molecule has 12 nitrogen and oxygen atoms in total. The molecule has 0 saturated carbocycles. The molecule has 3 aliphatic rings. The zero-order chi connectivity index (χ0) is 38.7. The van der Waals surface area contributed by atoms with Gasteiger partial charge in [0.15, 0.2) is 0 Å². The van der Waals surface area contributed by atoms with E-state index in [4.69, 9.17) is 26.1 Å². The smallest absolute Gasteiger partial charge is 0.419 e. The maximum absolute atomic E-state index is 14.5. The van der Waals surface area contributed by atoms with Crippen molar-refractivity contribution in [2.45, 2.75) is 75.9 Å². The Bertz CT molecular complexity index is 2080. The fourth-order valence-electron chi connectivity index (χ4n) is 7.54. The normalized spacial score (nSPS) is 19.3. The summed E-state index contributed by atoms with van der Waals surface area (Å²) in [6.07, 6.45) is 0.503. The number of methoxy groups -OCH3 is 2. The van der Waals surface area contributed by atoms with E-state index in [1.807, 2.05) is 30.3 Å². The number of carbonyl (C=O) groups excluding carboxylic acids is 2. The van der Waals surface area contributed by atoms with E-state index >= 15 is 0 Å². The zero-order valence-electron chi connectivity index (χ0n) is 30.4. The van der Waals surface area contributed by atoms with Crippen LogP contribution < -0.4 is 36.1 Å². The molecule has 55 heavy (non-hydrogen) atoms. The van der Waals surface area contributed by atoms with Gasteiger partial charge < -0.3 is 36.1 Å². The van der Waals surface area contributed by atoms with E-state index in [1.165, 1.54) is 7.11 Å². The molecule has 1 aliphatic carbocycles. The van der Waals surface area contributed by atoms with Crippen molar-refractivity contribution in [1.82, 2.24) is 36.2 Å². The van der Waals surface area contributed by atoms with E-state index in [1.54, 1.807) is 19.4 Å². The predicted molar refractivity (Wildman–Crippen MR) is 201 cm³/mol. The van der Waals surface area contributed by atoms with Gasteiger partial charge in [0.25, 0.3) is 0 Å². The minimum Gasteiger partial charge on any atom is -0.481 e. The number of halogens is 4. The Morgan fingerprint density at radius 3 is 2.15 bits per heavy atom. The highest BCUT2D eigenvalue weighted by atomic mass is 35.5. The number of fused-ring (bicyclic) bond motifs is 1. The third-order valence-corrected chi connectivity index (χ3v) is 10.7. The van der Waals surface area contributed by atoms with E-state index in [2.05, 4.69) is 36.6 Å². The lowest BCUT2D eigenvalue weighted by Gasteiger charge is -2.21. The number of rotatable bonds is 14. The van der Waals surface area contributed by atoms with Crippen molar-refractivity contribution in [2.75, 3.05) is 32.6 Å². The monoisotopic (exact) mass is 778 g/mol. The second-order valence-corrected chi connectivity index (χ2v) is 14.3. The fraction of sp³-hybridized carbons (Fsp3) is 0.410. The average molecular weight is 779 g/mol. The first kappa shape index (κ1) is 38.3. The Hall–Kier alpha value is -4.99. The largest absolute Gasteiger partial charge is 0.481 e. The number of carbonyl (C=O) groups is 2. The lowest BCUT2D eigenvalue weighted by atomic mass is 9.98. The van der Waals surface area contributed by atoms with Gasteiger partial charge in [-0.25, -0.2) is 4.98 Å². The fourth-order valence-corrected chi connectivity index (χ4v) is 7.85. The summed E-state index contributed by atoms with van der Waals surface area (Å²) in [5.74, 6) is 0.232. The summed E-state index contributed by atoms with van der Waals surface area (Å²) in [6, 6.07) is 11.9. The molecule has 16 heteroatoms. The van der Waals surface area contributed by atoms with Crippen LogP contribution in [0.25, 0.3) is 22.5 Å². The van der Waals surface area contributed by atoms with Crippen molar-refractivity contribution in [3.05, 3.63) is 81.5 Å². The highest BCUT2D eigenvalue weighted by molar-refractivity contribution is 6.35. The molecule has 7 rings (SSSR count). The van der Waals surface area contributed by atoms with E-state index in [-0.39, 0.29) is 47.7 Å². The van der Waals surface area contributed by atoms with Crippen molar-refractivity contribution >= 4 is 29.2 Å². The minimum atomic E-state index is -4.68. The summed E-state index contributed by atoms with van der Waals surface area (Å²) in [7, 11) is 2.93. The molecule has 1 aromatic carbocycles. The molecular weight excluding hydrogens is 737 g/mol. The van der Waals surface area contributed by atoms with E-state index in [0.717, 1.165) is 34.7 Å². The molecule has 3 atom stereocenters. The number of aromatic nitrogens is 3. The number of hydrogen-bond acceptors (Lipinski definition) is 10. The Morgan fingerprint density at radius 1 is 0.836 bits per heavy atom. The molecule has 290 valence electrons. The average Bonchev–Trinajstić information content (AvgIpc) is 3.91. The Morgan fingerprint density at radius 2 is 1.51 bits per heavy atom. The van der Waals surface area contributed by atoms with Gasteiger partial charge in [0.1, 0.15) is 5.82 Å². The number of hydrogen-bond donors (Lipinski definition) is 5. The van der Waals surface area contributed by atoms with Gasteiger partial charge in [0, 0.05) is 79.6 Å². The molecule has 2 aliphatic heterocycles. The van der Waals surface area contributed by atoms with E-state index < -0.39 is 17.8 Å². The van der Waals surface area contributed by atoms with Gasteiger partial charge in [0.2, 0.25) is 23.6 Å². The highest BCUT2D eigenvalue weighted by Crippen LogP contribution is 2.44. The van der Waals surface area contributed by atoms with Crippen LogP contribution in [0.1, 0.15) is 66.0 Å². The quantitative estimate of drug-likeness (QED) is 0.107. The maximum atomic E-state index is 14.5. The number of ether oxygens (including phenoxy) is 2. The van der Waals surface area contributed by atoms with Crippen LogP contribution in [0.5, 0.6) is 11.8 Å². The number of pyridine rings is 3. The first-order valence-electron chi connectivity index (χ1n) is 18.2. The molecule has 0 unspecified atom stereocenters. The van der Waals surface area contributed by atoms with Crippen molar-refractivity contribution in [2.24, 2.45) is 0 Å². The summed E-state index contributed by atoms with van der Waals surface area (Å²) in [6.45, 7) is 1.63. The van der Waals surface area contributed by atoms with Crippen molar-refractivity contribution in [3.63, 3.8) is 0 Å². The van der Waals surface area contributed by atoms with Crippen LogP contribution in [0.2, 0.25) is 5.02 Å². The van der Waals surface area contributed by atoms with Crippen molar-refractivity contribution in [3.8, 4) is 34.3 Å². The summed E-state index contributed by atoms with van der Waals surface area (Å²) < 4.78 is 54.6. The Kier molecular flexibility index (Phi) is 11.4. The number of nitrogens with zero attached hydrogens (tertiary/aromatic N) is 3. The number of anilines is 1.